The van der Waals surface area contributed by atoms with Gasteiger partial charge >= 0.3 is 0 Å². The molecule has 5 aliphatic rings. The lowest BCUT2D eigenvalue weighted by Gasteiger charge is -2.54. The third kappa shape index (κ3) is 6.65. The Hall–Kier alpha value is -7.22. The summed E-state index contributed by atoms with van der Waals surface area (Å²) in [6.07, 6.45) is 7.21. The van der Waals surface area contributed by atoms with Crippen molar-refractivity contribution in [1.82, 2.24) is 0 Å². The summed E-state index contributed by atoms with van der Waals surface area (Å²) in [5.41, 5.74) is 21.0. The predicted molar refractivity (Wildman–Crippen MR) is 279 cm³/mol. The van der Waals surface area contributed by atoms with E-state index in [4.69, 9.17) is 0 Å². The Morgan fingerprint density at radius 1 is 0.358 bits per heavy atom. The summed E-state index contributed by atoms with van der Waals surface area (Å²) < 4.78 is 0. The maximum atomic E-state index is 2.51. The zero-order valence-corrected chi connectivity index (χ0v) is 38.2. The van der Waals surface area contributed by atoms with Gasteiger partial charge in [0.1, 0.15) is 0 Å². The second-order valence-electron chi connectivity index (χ2n) is 20.1. The van der Waals surface area contributed by atoms with Crippen LogP contribution in [0.4, 0.5) is 17.1 Å². The molecule has 0 heterocycles. The summed E-state index contributed by atoms with van der Waals surface area (Å²) in [5.74, 6) is 4.33. The van der Waals surface area contributed by atoms with Crippen LogP contribution in [0.5, 0.6) is 0 Å². The molecule has 9 aromatic rings. The molecule has 1 heteroatoms. The number of aryl methyl sites for hydroxylation is 1. The van der Waals surface area contributed by atoms with Crippen LogP contribution in [-0.2, 0) is 5.41 Å². The zero-order chi connectivity index (χ0) is 44.5. The van der Waals surface area contributed by atoms with E-state index in [0.717, 1.165) is 35.0 Å². The lowest BCUT2D eigenvalue weighted by atomic mass is 9.51. The highest BCUT2D eigenvalue weighted by Crippen LogP contribution is 2.61. The van der Waals surface area contributed by atoms with Crippen LogP contribution in [0.3, 0.4) is 0 Å². The van der Waals surface area contributed by atoms with Gasteiger partial charge < -0.3 is 4.90 Å². The van der Waals surface area contributed by atoms with E-state index in [9.17, 15) is 0 Å². The molecule has 1 nitrogen and oxygen atoms in total. The molecule has 0 radical (unpaired) electrons. The standard InChI is InChI=1S/C66H55N/c1-44-25-35-61-62-36-34-56(43-64(62)66(63(61)37-44,52-17-7-3-8-18-52)53-19-9-4-10-20-53)67(55-32-28-49(29-33-55)65-50-39-45-38-46(41-50)42-51(65)40-45)54-30-26-48(27-31-54)58-22-12-14-24-60(58)59-23-13-11-21-57(59)47-15-5-2-6-16-47/h2-37,43,45-46,50-51,65H,38-42H2,1H3. The Balaban J connectivity index is 0.960. The number of hydrogen-bond acceptors (Lipinski definition) is 1. The van der Waals surface area contributed by atoms with Crippen molar-refractivity contribution < 1.29 is 0 Å². The van der Waals surface area contributed by atoms with Crippen molar-refractivity contribution in [2.75, 3.05) is 4.90 Å². The van der Waals surface area contributed by atoms with Crippen molar-refractivity contribution in [2.24, 2.45) is 23.7 Å². The third-order valence-electron chi connectivity index (χ3n) is 16.4. The number of hydrogen-bond donors (Lipinski definition) is 0. The van der Waals surface area contributed by atoms with Crippen molar-refractivity contribution in [3.63, 3.8) is 0 Å². The molecule has 4 saturated carbocycles. The van der Waals surface area contributed by atoms with Gasteiger partial charge in [-0.3, -0.25) is 0 Å². The minimum Gasteiger partial charge on any atom is -0.310 e. The van der Waals surface area contributed by atoms with Crippen LogP contribution in [-0.4, -0.2) is 0 Å². The van der Waals surface area contributed by atoms with Gasteiger partial charge in [-0.1, -0.05) is 194 Å². The molecule has 4 bridgehead atoms. The summed E-state index contributed by atoms with van der Waals surface area (Å²) in [7, 11) is 0. The number of fused-ring (bicyclic) bond motifs is 3. The molecule has 0 atom stereocenters. The smallest absolute Gasteiger partial charge is 0.0714 e. The summed E-state index contributed by atoms with van der Waals surface area (Å²) in [6, 6.07) is 84.4. The van der Waals surface area contributed by atoms with Crippen LogP contribution in [0.15, 0.2) is 224 Å². The fraction of sp³-hybridized carbons (Fsp3) is 0.182. The van der Waals surface area contributed by atoms with Crippen LogP contribution in [0.2, 0.25) is 0 Å². The van der Waals surface area contributed by atoms with Crippen LogP contribution in [0, 0.1) is 30.6 Å². The lowest BCUT2D eigenvalue weighted by Crippen LogP contribution is -2.43. The van der Waals surface area contributed by atoms with E-state index in [2.05, 4.69) is 236 Å². The highest BCUT2D eigenvalue weighted by atomic mass is 15.1. The molecule has 324 valence electrons. The number of rotatable bonds is 9. The number of benzene rings is 9. The second-order valence-corrected chi connectivity index (χ2v) is 20.1. The summed E-state index contributed by atoms with van der Waals surface area (Å²) in [4.78, 5) is 2.51. The van der Waals surface area contributed by atoms with Crippen molar-refractivity contribution in [3.05, 3.63) is 258 Å². The number of nitrogens with zero attached hydrogens (tertiary/aromatic N) is 1. The molecule has 67 heavy (non-hydrogen) atoms. The summed E-state index contributed by atoms with van der Waals surface area (Å²) in [5, 5.41) is 0. The molecule has 0 unspecified atom stereocenters. The normalized spacial score (nSPS) is 20.6. The molecule has 0 spiro atoms. The summed E-state index contributed by atoms with van der Waals surface area (Å²) in [6.45, 7) is 2.23. The molecule has 14 rings (SSSR count). The molecule has 0 saturated heterocycles. The summed E-state index contributed by atoms with van der Waals surface area (Å²) >= 11 is 0. The third-order valence-corrected chi connectivity index (χ3v) is 16.4. The van der Waals surface area contributed by atoms with Crippen molar-refractivity contribution in [3.8, 4) is 44.5 Å². The van der Waals surface area contributed by atoms with Gasteiger partial charge in [-0.2, -0.15) is 0 Å². The van der Waals surface area contributed by atoms with Gasteiger partial charge in [-0.15, -0.1) is 0 Å². The van der Waals surface area contributed by atoms with E-state index in [-0.39, 0.29) is 0 Å². The topological polar surface area (TPSA) is 3.24 Å². The fourth-order valence-electron chi connectivity index (χ4n) is 13.8. The van der Waals surface area contributed by atoms with Crippen molar-refractivity contribution in [1.29, 1.82) is 0 Å². The van der Waals surface area contributed by atoms with E-state index in [1.54, 1.807) is 5.56 Å². The highest BCUT2D eigenvalue weighted by Gasteiger charge is 2.49. The lowest BCUT2D eigenvalue weighted by molar-refractivity contribution is -0.00277. The van der Waals surface area contributed by atoms with Crippen LogP contribution >= 0.6 is 0 Å². The number of anilines is 3. The first-order valence-electron chi connectivity index (χ1n) is 24.7. The predicted octanol–water partition coefficient (Wildman–Crippen LogP) is 17.4. The van der Waals surface area contributed by atoms with Crippen LogP contribution in [0.1, 0.15) is 71.4 Å². The van der Waals surface area contributed by atoms with Crippen molar-refractivity contribution in [2.45, 2.75) is 50.4 Å². The van der Waals surface area contributed by atoms with Crippen LogP contribution in [0.25, 0.3) is 44.5 Å². The van der Waals surface area contributed by atoms with Crippen molar-refractivity contribution >= 4 is 17.1 Å². The molecule has 5 aliphatic carbocycles. The van der Waals surface area contributed by atoms with Gasteiger partial charge in [0.15, 0.2) is 0 Å². The van der Waals surface area contributed by atoms with Gasteiger partial charge in [-0.05, 0) is 177 Å². The van der Waals surface area contributed by atoms with E-state index >= 15 is 0 Å². The minimum atomic E-state index is -0.492. The van der Waals surface area contributed by atoms with Gasteiger partial charge in [0.05, 0.1) is 5.41 Å². The van der Waals surface area contributed by atoms with Gasteiger partial charge in [0, 0.05) is 17.1 Å². The highest BCUT2D eigenvalue weighted by molar-refractivity contribution is 5.93. The maximum Gasteiger partial charge on any atom is 0.0714 e. The maximum absolute atomic E-state index is 2.51. The first-order chi connectivity index (χ1) is 33.1. The molecule has 0 N–H and O–H groups in total. The first kappa shape index (κ1) is 40.1. The fourth-order valence-corrected chi connectivity index (χ4v) is 13.8. The largest absolute Gasteiger partial charge is 0.310 e. The Morgan fingerprint density at radius 2 is 0.791 bits per heavy atom. The second kappa shape index (κ2) is 16.3. The quantitative estimate of drug-likeness (QED) is 0.140. The Kier molecular flexibility index (Phi) is 9.74. The molecular weight excluding hydrogens is 807 g/mol. The van der Waals surface area contributed by atoms with Gasteiger partial charge in [-0.25, -0.2) is 0 Å². The SMILES string of the molecule is Cc1ccc2c(c1)C(c1ccccc1)(c1ccccc1)c1cc(N(c3ccc(-c4ccccc4-c4ccccc4-c4ccccc4)cc3)c3ccc(C4C5CC6CC(C5)CC4C6)cc3)ccc1-2. The van der Waals surface area contributed by atoms with Gasteiger partial charge in [0.2, 0.25) is 0 Å². The molecule has 0 amide bonds. The average Bonchev–Trinajstić information content (AvgIpc) is 3.67. The van der Waals surface area contributed by atoms with Gasteiger partial charge in [0.25, 0.3) is 0 Å². The Bertz CT molecular complexity index is 3170. The molecule has 0 aliphatic heterocycles. The molecule has 9 aromatic carbocycles. The minimum absolute atomic E-state index is 0.492. The molecular formula is C66H55N. The first-order valence-corrected chi connectivity index (χ1v) is 24.7. The Labute approximate surface area is 396 Å². The van der Waals surface area contributed by atoms with Crippen LogP contribution < -0.4 is 4.90 Å². The molecule has 0 aromatic heterocycles. The average molecular weight is 862 g/mol. The monoisotopic (exact) mass is 861 g/mol. The zero-order valence-electron chi connectivity index (χ0n) is 38.2. The van der Waals surface area contributed by atoms with E-state index < -0.39 is 5.41 Å². The molecule has 4 fully saturated rings. The van der Waals surface area contributed by atoms with E-state index in [1.807, 2.05) is 0 Å². The van der Waals surface area contributed by atoms with E-state index in [0.29, 0.717) is 5.92 Å². The van der Waals surface area contributed by atoms with E-state index in [1.165, 1.54) is 110 Å². The Morgan fingerprint density at radius 3 is 1.34 bits per heavy atom.